The minimum atomic E-state index is 0. The molecule has 1 aliphatic rings. The Kier molecular flexibility index (Phi) is 21.3. The van der Waals surface area contributed by atoms with Crippen LogP contribution in [0.5, 0.6) is 5.75 Å². The maximum Gasteiger partial charge on any atom is 0.144 e. The van der Waals surface area contributed by atoms with Crippen LogP contribution in [0.1, 0.15) is 81.1 Å². The molecule has 0 saturated carbocycles. The SMILES string of the molecule is CCCCOC1=CC(=Nc2ccc(N(CC)C(C)C)cc2)C(=N)C=C1N.CCCCOc1ccc(N)cc1N.CCN(c1ccc(N)cc1)C(C)C.Cl. The molecule has 0 fully saturated rings. The zero-order valence-corrected chi connectivity index (χ0v) is 34.0. The molecule has 3 aromatic rings. The second-order valence-electron chi connectivity index (χ2n) is 13.1. The smallest absolute Gasteiger partial charge is 0.144 e. The number of benzene rings is 3. The first kappa shape index (κ1) is 46.2. The zero-order valence-electron chi connectivity index (χ0n) is 33.2. The molecule has 0 heterocycles. The van der Waals surface area contributed by atoms with E-state index in [2.05, 4.69) is 94.4 Å². The van der Waals surface area contributed by atoms with Gasteiger partial charge in [-0.15, -0.1) is 12.4 Å². The van der Waals surface area contributed by atoms with Crippen molar-refractivity contribution in [3.05, 3.63) is 90.3 Å². The van der Waals surface area contributed by atoms with Gasteiger partial charge in [0.1, 0.15) is 11.5 Å². The number of unbranched alkanes of at least 4 members (excludes halogenated alkanes) is 2. The van der Waals surface area contributed by atoms with Crippen molar-refractivity contribution >= 4 is 58.0 Å². The molecule has 0 aromatic heterocycles. The van der Waals surface area contributed by atoms with Crippen molar-refractivity contribution in [2.24, 2.45) is 10.7 Å². The molecule has 10 nitrogen and oxygen atoms in total. The van der Waals surface area contributed by atoms with E-state index in [1.165, 1.54) is 11.4 Å². The third-order valence-electron chi connectivity index (χ3n) is 8.26. The van der Waals surface area contributed by atoms with Gasteiger partial charge < -0.3 is 42.2 Å². The van der Waals surface area contributed by atoms with E-state index in [1.54, 1.807) is 30.4 Å². The molecule has 1 aliphatic carbocycles. The lowest BCUT2D eigenvalue weighted by atomic mass is 10.1. The van der Waals surface area contributed by atoms with Crippen molar-refractivity contribution in [1.29, 1.82) is 5.41 Å². The number of rotatable bonds is 15. The number of anilines is 5. The van der Waals surface area contributed by atoms with E-state index in [4.69, 9.17) is 37.8 Å². The first-order valence-electron chi connectivity index (χ1n) is 18.6. The first-order valence-corrected chi connectivity index (χ1v) is 18.6. The summed E-state index contributed by atoms with van der Waals surface area (Å²) < 4.78 is 11.2. The predicted octanol–water partition coefficient (Wildman–Crippen LogP) is 9.53. The van der Waals surface area contributed by atoms with Crippen molar-refractivity contribution in [3.8, 4) is 5.75 Å². The first-order chi connectivity index (χ1) is 24.8. The quantitative estimate of drug-likeness (QED) is 0.0582. The number of nitrogens with one attached hydrogen (secondary N) is 1. The van der Waals surface area contributed by atoms with E-state index in [1.807, 2.05) is 24.3 Å². The van der Waals surface area contributed by atoms with Crippen LogP contribution in [0.25, 0.3) is 0 Å². The highest BCUT2D eigenvalue weighted by atomic mass is 35.5. The van der Waals surface area contributed by atoms with E-state index < -0.39 is 0 Å². The third kappa shape index (κ3) is 15.8. The summed E-state index contributed by atoms with van der Waals surface area (Å²) in [6.45, 7) is 20.6. The van der Waals surface area contributed by atoms with Crippen LogP contribution in [-0.2, 0) is 4.74 Å². The van der Waals surface area contributed by atoms with Crippen molar-refractivity contribution in [2.45, 2.75) is 93.2 Å². The summed E-state index contributed by atoms with van der Waals surface area (Å²) in [6, 6.07) is 22.4. The Morgan fingerprint density at radius 1 is 0.660 bits per heavy atom. The third-order valence-corrected chi connectivity index (χ3v) is 8.26. The van der Waals surface area contributed by atoms with E-state index in [0.29, 0.717) is 59.6 Å². The monoisotopic (exact) mass is 748 g/mol. The Labute approximate surface area is 325 Å². The highest BCUT2D eigenvalue weighted by Crippen LogP contribution is 2.25. The van der Waals surface area contributed by atoms with Crippen LogP contribution < -0.4 is 37.5 Å². The van der Waals surface area contributed by atoms with Crippen molar-refractivity contribution in [2.75, 3.05) is 53.3 Å². The van der Waals surface area contributed by atoms with Crippen LogP contribution in [-0.4, -0.2) is 49.8 Å². The van der Waals surface area contributed by atoms with Crippen molar-refractivity contribution in [3.63, 3.8) is 0 Å². The van der Waals surface area contributed by atoms with Crippen LogP contribution in [0.15, 0.2) is 95.3 Å². The molecular weight excluding hydrogens is 684 g/mol. The van der Waals surface area contributed by atoms with Gasteiger partial charge in [0, 0.05) is 54.0 Å². The van der Waals surface area contributed by atoms with Gasteiger partial charge in [-0.2, -0.15) is 0 Å². The molecule has 0 radical (unpaired) electrons. The highest BCUT2D eigenvalue weighted by Gasteiger charge is 2.16. The lowest BCUT2D eigenvalue weighted by Gasteiger charge is -2.27. The summed E-state index contributed by atoms with van der Waals surface area (Å²) in [4.78, 5) is 9.26. The van der Waals surface area contributed by atoms with E-state index in [0.717, 1.165) is 55.9 Å². The Bertz CT molecular complexity index is 1600. The molecule has 0 spiro atoms. The van der Waals surface area contributed by atoms with E-state index >= 15 is 0 Å². The highest BCUT2D eigenvalue weighted by molar-refractivity contribution is 6.50. The number of ether oxygens (including phenoxy) is 2. The molecule has 9 N–H and O–H groups in total. The second kappa shape index (κ2) is 24.4. The molecule has 0 unspecified atom stereocenters. The average molecular weight is 749 g/mol. The molecule has 0 bridgehead atoms. The molecule has 53 heavy (non-hydrogen) atoms. The minimum absolute atomic E-state index is 0. The van der Waals surface area contributed by atoms with Crippen LogP contribution in [0.4, 0.5) is 34.1 Å². The standard InChI is InChI=1S/C21H30N4O.C11H18N2.C10H16N2O.ClH/c1-5-7-12-26-21-14-20(18(22)13-19(21)23)24-16-8-10-17(11-9-16)25(6-2)15(3)4;1-4-13(9(2)3)11-7-5-10(12)6-8-11;1-2-3-6-13-10-5-4-8(11)7-9(10)12;/h8-11,13-15,22H,5-7,12,23H2,1-4H3;5-9H,4,12H2,1-3H3;4-5,7H,2-3,6,11-12H2,1H3;1H. The lowest BCUT2D eigenvalue weighted by Crippen LogP contribution is -2.30. The second-order valence-corrected chi connectivity index (χ2v) is 13.1. The molecule has 0 atom stereocenters. The number of halogens is 1. The Morgan fingerprint density at radius 3 is 1.62 bits per heavy atom. The fourth-order valence-electron chi connectivity index (χ4n) is 5.37. The summed E-state index contributed by atoms with van der Waals surface area (Å²) in [5.74, 6) is 1.32. The lowest BCUT2D eigenvalue weighted by molar-refractivity contribution is 0.215. The van der Waals surface area contributed by atoms with Crippen molar-refractivity contribution < 1.29 is 9.47 Å². The van der Waals surface area contributed by atoms with Gasteiger partial charge in [-0.25, -0.2) is 4.99 Å². The fraction of sp³-hybridized carbons (Fsp3) is 0.429. The number of hydrogen-bond donors (Lipinski definition) is 5. The van der Waals surface area contributed by atoms with E-state index in [9.17, 15) is 0 Å². The molecule has 292 valence electrons. The Morgan fingerprint density at radius 2 is 1.15 bits per heavy atom. The summed E-state index contributed by atoms with van der Waals surface area (Å²) in [7, 11) is 0. The number of hydrogen-bond acceptors (Lipinski definition) is 10. The van der Waals surface area contributed by atoms with Gasteiger partial charge in [0.05, 0.1) is 41.7 Å². The van der Waals surface area contributed by atoms with Gasteiger partial charge in [0.25, 0.3) is 0 Å². The maximum atomic E-state index is 8.13. The topological polar surface area (TPSA) is 165 Å². The van der Waals surface area contributed by atoms with Gasteiger partial charge in [0.2, 0.25) is 0 Å². The molecular formula is C42H65ClN8O2. The molecule has 3 aromatic carbocycles. The molecule has 11 heteroatoms. The average Bonchev–Trinajstić information content (AvgIpc) is 3.10. The number of allylic oxidation sites excluding steroid dienone is 2. The summed E-state index contributed by atoms with van der Waals surface area (Å²) in [6.07, 6.45) is 7.56. The number of nitrogens with zero attached hydrogens (tertiary/aromatic N) is 3. The summed E-state index contributed by atoms with van der Waals surface area (Å²) in [5.41, 5.74) is 29.5. The fourth-order valence-corrected chi connectivity index (χ4v) is 5.37. The number of nitrogen functional groups attached to an aromatic ring is 3. The number of nitrogens with two attached hydrogens (primary N) is 4. The van der Waals surface area contributed by atoms with Crippen LogP contribution in [0.3, 0.4) is 0 Å². The van der Waals surface area contributed by atoms with E-state index in [-0.39, 0.29) is 12.4 Å². The summed E-state index contributed by atoms with van der Waals surface area (Å²) in [5, 5.41) is 8.13. The molecule has 0 saturated heterocycles. The Balaban J connectivity index is 0.000000437. The van der Waals surface area contributed by atoms with Gasteiger partial charge in [0.15, 0.2) is 0 Å². The molecule has 0 amide bonds. The molecule has 4 rings (SSSR count). The van der Waals surface area contributed by atoms with Crippen molar-refractivity contribution in [1.82, 2.24) is 0 Å². The molecule has 0 aliphatic heterocycles. The minimum Gasteiger partial charge on any atom is -0.491 e. The largest absolute Gasteiger partial charge is 0.491 e. The van der Waals surface area contributed by atoms with Gasteiger partial charge in [-0.1, -0.05) is 26.7 Å². The van der Waals surface area contributed by atoms with Crippen LogP contribution in [0.2, 0.25) is 0 Å². The van der Waals surface area contributed by atoms with Gasteiger partial charge in [-0.3, -0.25) is 5.41 Å². The zero-order chi connectivity index (χ0) is 38.6. The van der Waals surface area contributed by atoms with Crippen LogP contribution in [0, 0.1) is 5.41 Å². The predicted molar refractivity (Wildman–Crippen MR) is 233 cm³/mol. The summed E-state index contributed by atoms with van der Waals surface area (Å²) >= 11 is 0. The normalized spacial score (nSPS) is 12.8. The van der Waals surface area contributed by atoms with Gasteiger partial charge >= 0.3 is 0 Å². The maximum absolute atomic E-state index is 8.13. The van der Waals surface area contributed by atoms with Gasteiger partial charge in [-0.05, 0) is 127 Å². The Hall–Kier alpha value is -4.83. The van der Waals surface area contributed by atoms with Crippen LogP contribution >= 0.6 is 12.4 Å². The number of aliphatic imine (C=N–C) groups is 1.